The van der Waals surface area contributed by atoms with Gasteiger partial charge in [-0.15, -0.1) is 22.7 Å². The van der Waals surface area contributed by atoms with Gasteiger partial charge in [0.2, 0.25) is 0 Å². The lowest BCUT2D eigenvalue weighted by Crippen LogP contribution is -2.54. The van der Waals surface area contributed by atoms with E-state index < -0.39 is 8.07 Å². The summed E-state index contributed by atoms with van der Waals surface area (Å²) in [4.78, 5) is 8.31. The van der Waals surface area contributed by atoms with Gasteiger partial charge in [-0.2, -0.15) is 30.0 Å². The van der Waals surface area contributed by atoms with Crippen LogP contribution in [0.25, 0.3) is 52.7 Å². The minimum Gasteiger partial charge on any atom is -0.206 e. The fraction of sp³-hybridized carbons (Fsp3) is 0.583. The summed E-state index contributed by atoms with van der Waals surface area (Å²) in [5.41, 5.74) is 4.31. The normalized spacial score (nSPS) is 13.3. The van der Waals surface area contributed by atoms with Crippen LogP contribution in [0, 0.1) is 11.6 Å². The number of hydrogen-bond acceptors (Lipinski definition) is 6. The summed E-state index contributed by atoms with van der Waals surface area (Å²) in [6.45, 7) is 10.4. The van der Waals surface area contributed by atoms with E-state index in [9.17, 15) is 0 Å². The zero-order chi connectivity index (χ0) is 42.9. The van der Waals surface area contributed by atoms with Gasteiger partial charge in [0.1, 0.15) is 41.8 Å². The van der Waals surface area contributed by atoms with Gasteiger partial charge in [0.25, 0.3) is 0 Å². The molecule has 0 aliphatic carbocycles. The first kappa shape index (κ1) is 46.7. The molecule has 0 saturated carbocycles. The Bertz CT molecular complexity index is 2220. The van der Waals surface area contributed by atoms with E-state index in [4.69, 9.17) is 20.4 Å². The van der Waals surface area contributed by atoms with Crippen LogP contribution in [0.3, 0.4) is 0 Å². The summed E-state index contributed by atoms with van der Waals surface area (Å²) in [5.74, 6) is -0.619. The number of thiophene rings is 2. The molecule has 0 atom stereocenters. The quantitative estimate of drug-likeness (QED) is 0.0401. The molecule has 0 unspecified atom stereocenters. The zero-order valence-corrected chi connectivity index (χ0v) is 42.6. The molecule has 0 bridgehead atoms. The lowest BCUT2D eigenvalue weighted by Gasteiger charge is -2.29. The molecule has 0 saturated heterocycles. The third-order valence-electron chi connectivity index (χ3n) is 12.8. The molecule has 330 valence electrons. The second-order valence-corrected chi connectivity index (χ2v) is 25.3. The molecule has 2 aromatic carbocycles. The second kappa shape index (κ2) is 22.0. The number of aromatic nitrogens is 6. The number of aryl methyl sites for hydroxylation is 2. The first-order chi connectivity index (χ1) is 29.7. The predicted octanol–water partition coefficient (Wildman–Crippen LogP) is 15.9. The van der Waals surface area contributed by atoms with Crippen molar-refractivity contribution in [1.82, 2.24) is 30.0 Å². The molecular weight excluding hydrogens is 951 g/mol. The van der Waals surface area contributed by atoms with E-state index in [1.165, 1.54) is 135 Å². The van der Waals surface area contributed by atoms with Crippen molar-refractivity contribution in [3.05, 3.63) is 44.8 Å². The Hall–Kier alpha value is -2.32. The molecule has 5 heterocycles. The van der Waals surface area contributed by atoms with Crippen molar-refractivity contribution in [3.8, 4) is 30.6 Å². The van der Waals surface area contributed by atoms with Gasteiger partial charge in [-0.3, -0.25) is 0 Å². The average molecular weight is 1020 g/mol. The Labute approximate surface area is 387 Å². The Morgan fingerprint density at radius 2 is 0.820 bits per heavy atom. The van der Waals surface area contributed by atoms with Crippen molar-refractivity contribution in [3.63, 3.8) is 0 Å². The molecule has 0 amide bonds. The fourth-order valence-corrected chi connectivity index (χ4v) is 19.6. The van der Waals surface area contributed by atoms with Crippen LogP contribution in [0.15, 0.2) is 33.2 Å². The van der Waals surface area contributed by atoms with E-state index in [0.29, 0.717) is 33.1 Å². The van der Waals surface area contributed by atoms with Crippen molar-refractivity contribution in [2.24, 2.45) is 0 Å². The Balaban J connectivity index is 1.34. The van der Waals surface area contributed by atoms with Crippen LogP contribution < -0.4 is 10.4 Å². The van der Waals surface area contributed by atoms with E-state index in [-0.39, 0.29) is 11.6 Å². The molecule has 1 aliphatic rings. The summed E-state index contributed by atoms with van der Waals surface area (Å²) in [6.07, 6.45) is 24.0. The number of fused-ring (bicyclic) bond motifs is 5. The highest BCUT2D eigenvalue weighted by atomic mass is 79.9. The number of rotatable bonds is 26. The van der Waals surface area contributed by atoms with E-state index in [0.717, 1.165) is 57.6 Å². The number of halogens is 4. The van der Waals surface area contributed by atoms with Gasteiger partial charge in [-0.1, -0.05) is 143 Å². The monoisotopic (exact) mass is 1010 g/mol. The summed E-state index contributed by atoms with van der Waals surface area (Å²) in [5, 5.41) is 22.7. The van der Waals surface area contributed by atoms with Crippen LogP contribution in [0.2, 0.25) is 12.1 Å². The van der Waals surface area contributed by atoms with Crippen molar-refractivity contribution in [2.45, 2.75) is 181 Å². The molecule has 0 radical (unpaired) electrons. The van der Waals surface area contributed by atoms with Gasteiger partial charge in [0, 0.05) is 30.6 Å². The SMILES string of the molecule is CCCCCCCC[Si]1(CCCCCCCC)c2cc(-c3cc(F)c(Br)c4nn(CCCCCC)nc34)sc2-c2sc(-c3cc(F)c(Br)c4nn(CCCCCC)nc34)cc21. The molecule has 4 aromatic heterocycles. The molecule has 1 aliphatic heterocycles. The van der Waals surface area contributed by atoms with E-state index in [1.54, 1.807) is 44.4 Å². The molecule has 0 spiro atoms. The highest BCUT2D eigenvalue weighted by Gasteiger charge is 2.47. The third-order valence-corrected chi connectivity index (χ3v) is 22.4. The van der Waals surface area contributed by atoms with Crippen molar-refractivity contribution in [1.29, 1.82) is 0 Å². The van der Waals surface area contributed by atoms with E-state index in [1.807, 2.05) is 0 Å². The zero-order valence-electron chi connectivity index (χ0n) is 36.8. The first-order valence-corrected chi connectivity index (χ1v) is 29.1. The molecule has 6 aromatic rings. The highest BCUT2D eigenvalue weighted by molar-refractivity contribution is 9.11. The fourth-order valence-electron chi connectivity index (χ4n) is 9.35. The van der Waals surface area contributed by atoms with Gasteiger partial charge in [0.05, 0.1) is 22.0 Å². The molecule has 0 fully saturated rings. The average Bonchev–Trinajstić information content (AvgIpc) is 4.10. The smallest absolute Gasteiger partial charge is 0.140 e. The van der Waals surface area contributed by atoms with Gasteiger partial charge in [-0.25, -0.2) is 8.78 Å². The number of unbranched alkanes of at least 4 members (excludes halogenated alkanes) is 16. The summed E-state index contributed by atoms with van der Waals surface area (Å²) in [6, 6.07) is 10.6. The maximum atomic E-state index is 15.9. The lowest BCUT2D eigenvalue weighted by atomic mass is 10.1. The standard InChI is InChI=1S/C48H64Br2F2N6S2Si/c1-5-9-13-17-19-23-27-61(28-24-20-18-14-10-6-2)39-31-37(33-29-35(51)41(49)45-43(33)53-57(55-45)25-21-15-11-7-3)59-47(39)48-40(61)32-38(60-48)34-30-36(52)42(50)46-44(34)54-58(56-46)26-22-16-12-8-4/h29-32H,5-28H2,1-4H3. The predicted molar refractivity (Wildman–Crippen MR) is 266 cm³/mol. The van der Waals surface area contributed by atoms with Crippen LogP contribution in [-0.4, -0.2) is 38.1 Å². The molecular formula is C48H64Br2F2N6S2Si. The van der Waals surface area contributed by atoms with Crippen molar-refractivity contribution < 1.29 is 8.78 Å². The highest BCUT2D eigenvalue weighted by Crippen LogP contribution is 2.49. The van der Waals surface area contributed by atoms with Gasteiger partial charge in [0.15, 0.2) is 0 Å². The Morgan fingerprint density at radius 3 is 1.21 bits per heavy atom. The molecule has 0 N–H and O–H groups in total. The van der Waals surface area contributed by atoms with Gasteiger partial charge < -0.3 is 0 Å². The number of hydrogen-bond donors (Lipinski definition) is 0. The van der Waals surface area contributed by atoms with Crippen LogP contribution in [-0.2, 0) is 13.1 Å². The maximum absolute atomic E-state index is 15.9. The molecule has 6 nitrogen and oxygen atoms in total. The van der Waals surface area contributed by atoms with Crippen molar-refractivity contribution in [2.75, 3.05) is 0 Å². The number of benzene rings is 2. The van der Waals surface area contributed by atoms with Crippen molar-refractivity contribution >= 4 is 95.0 Å². The Kier molecular flexibility index (Phi) is 16.9. The largest absolute Gasteiger partial charge is 0.206 e. The molecule has 13 heteroatoms. The second-order valence-electron chi connectivity index (χ2n) is 17.4. The first-order valence-electron chi connectivity index (χ1n) is 23.5. The minimum atomic E-state index is -2.33. The molecule has 7 rings (SSSR count). The number of nitrogens with zero attached hydrogens (tertiary/aromatic N) is 6. The molecule has 61 heavy (non-hydrogen) atoms. The summed E-state index contributed by atoms with van der Waals surface area (Å²) >= 11 is 10.6. The lowest BCUT2D eigenvalue weighted by molar-refractivity contribution is 0.495. The van der Waals surface area contributed by atoms with Crippen LogP contribution >= 0.6 is 54.5 Å². The maximum Gasteiger partial charge on any atom is 0.140 e. The van der Waals surface area contributed by atoms with Crippen LogP contribution in [0.1, 0.15) is 156 Å². The summed E-state index contributed by atoms with van der Waals surface area (Å²) in [7, 11) is -2.33. The van der Waals surface area contributed by atoms with Gasteiger partial charge >= 0.3 is 0 Å². The van der Waals surface area contributed by atoms with E-state index >= 15 is 8.78 Å². The topological polar surface area (TPSA) is 61.4 Å². The Morgan fingerprint density at radius 1 is 0.475 bits per heavy atom. The van der Waals surface area contributed by atoms with Crippen LogP contribution in [0.5, 0.6) is 0 Å². The van der Waals surface area contributed by atoms with Gasteiger partial charge in [-0.05, 0) is 91.4 Å². The minimum absolute atomic E-state index is 0.310. The van der Waals surface area contributed by atoms with Crippen LogP contribution in [0.4, 0.5) is 8.78 Å². The van der Waals surface area contributed by atoms with E-state index in [2.05, 4.69) is 71.7 Å². The summed E-state index contributed by atoms with van der Waals surface area (Å²) < 4.78 is 32.5. The third kappa shape index (κ3) is 10.3.